The van der Waals surface area contributed by atoms with Crippen LogP contribution in [0.5, 0.6) is 0 Å². The minimum atomic E-state index is 0.870. The van der Waals surface area contributed by atoms with Crippen LogP contribution >= 0.6 is 0 Å². The first kappa shape index (κ1) is 8.40. The number of unbranched alkanes of at least 4 members (excludes halogenated alkanes) is 1. The molecule has 0 nitrogen and oxygen atoms in total. The van der Waals surface area contributed by atoms with Crippen molar-refractivity contribution < 1.29 is 15.9 Å². The van der Waals surface area contributed by atoms with Gasteiger partial charge < -0.3 is 0 Å². The Bertz CT molecular complexity index is 57.4. The number of rotatable bonds is 4. The summed E-state index contributed by atoms with van der Waals surface area (Å²) in [5.41, 5.74) is 0. The van der Waals surface area contributed by atoms with Gasteiger partial charge in [-0.05, 0) is 0 Å². The molecule has 48 valence electrons. The van der Waals surface area contributed by atoms with E-state index >= 15 is 0 Å². The van der Waals surface area contributed by atoms with E-state index in [4.69, 9.17) is 0 Å². The Morgan fingerprint density at radius 1 is 1.50 bits per heavy atom. The third-order valence-electron chi connectivity index (χ3n) is 1.10. The van der Waals surface area contributed by atoms with E-state index in [1.807, 2.05) is 0 Å². The zero-order chi connectivity index (χ0) is 6.41. The van der Waals surface area contributed by atoms with Gasteiger partial charge in [0.15, 0.2) is 0 Å². The second-order valence-corrected chi connectivity index (χ2v) is 3.01. The number of hydrogen-bond donors (Lipinski definition) is 0. The van der Waals surface area contributed by atoms with Gasteiger partial charge in [-0.3, -0.25) is 0 Å². The van der Waals surface area contributed by atoms with Crippen molar-refractivity contribution in [2.75, 3.05) is 0 Å². The van der Waals surface area contributed by atoms with Gasteiger partial charge in [0.2, 0.25) is 0 Å². The van der Waals surface area contributed by atoms with Gasteiger partial charge in [-0.15, -0.1) is 0 Å². The van der Waals surface area contributed by atoms with Crippen molar-refractivity contribution in [3.05, 3.63) is 0 Å². The maximum atomic E-state index is 2.89. The first-order chi connectivity index (χ1) is 3.77. The van der Waals surface area contributed by atoms with Crippen molar-refractivity contribution in [1.29, 1.82) is 0 Å². The molecule has 0 amide bonds. The topological polar surface area (TPSA) is 0 Å². The van der Waals surface area contributed by atoms with Crippen molar-refractivity contribution in [2.24, 2.45) is 5.92 Å². The van der Waals surface area contributed by atoms with E-state index in [0.717, 1.165) is 5.92 Å². The van der Waals surface area contributed by atoms with Crippen LogP contribution in [0.4, 0.5) is 0 Å². The van der Waals surface area contributed by atoms with Gasteiger partial charge in [0.25, 0.3) is 0 Å². The van der Waals surface area contributed by atoms with Gasteiger partial charge in [-0.25, -0.2) is 0 Å². The second-order valence-electron chi connectivity index (χ2n) is 2.49. The van der Waals surface area contributed by atoms with Crippen LogP contribution in [0.2, 0.25) is 0 Å². The fourth-order valence-corrected chi connectivity index (χ4v) is 0.870. The third kappa shape index (κ3) is 6.40. The predicted molar refractivity (Wildman–Crippen MR) is 34.8 cm³/mol. The van der Waals surface area contributed by atoms with Crippen LogP contribution in [0.3, 0.4) is 0 Å². The van der Waals surface area contributed by atoms with Crippen LogP contribution in [-0.4, -0.2) is 4.88 Å². The minimum absolute atomic E-state index is 0.870. The van der Waals surface area contributed by atoms with Crippen LogP contribution < -0.4 is 0 Å². The molecule has 0 aromatic carbocycles. The maximum absolute atomic E-state index is 2.89. The first-order valence-electron chi connectivity index (χ1n) is 3.21. The Morgan fingerprint density at radius 2 is 2.12 bits per heavy atom. The van der Waals surface area contributed by atoms with E-state index in [0.29, 0.717) is 0 Å². The fraction of sp³-hybridized carbons (Fsp3) is 0.857. The van der Waals surface area contributed by atoms with E-state index in [1.54, 1.807) is 0 Å². The van der Waals surface area contributed by atoms with Gasteiger partial charge in [0.1, 0.15) is 0 Å². The van der Waals surface area contributed by atoms with Gasteiger partial charge in [-0.1, -0.05) is 0 Å². The zero-order valence-electron chi connectivity index (χ0n) is 5.68. The summed E-state index contributed by atoms with van der Waals surface area (Å²) in [6.07, 6.45) is 3.93. The zero-order valence-corrected chi connectivity index (χ0v) is 6.96. The van der Waals surface area contributed by atoms with E-state index in [-0.39, 0.29) is 0 Å². The van der Waals surface area contributed by atoms with Crippen molar-refractivity contribution in [1.82, 2.24) is 0 Å². The van der Waals surface area contributed by atoms with Crippen LogP contribution in [0.15, 0.2) is 0 Å². The quantitative estimate of drug-likeness (QED) is 0.539. The average Bonchev–Trinajstić information content (AvgIpc) is 1.66. The molecule has 0 unspecified atom stereocenters. The Hall–Kier alpha value is 0.402. The second kappa shape index (κ2) is 5.54. The van der Waals surface area contributed by atoms with Crippen molar-refractivity contribution >= 4 is 4.88 Å². The summed E-state index contributed by atoms with van der Waals surface area (Å²) in [5, 5.41) is 0. The molecule has 1 heteroatoms. The summed E-state index contributed by atoms with van der Waals surface area (Å²) >= 11 is 2.89. The average molecular weight is 150 g/mol. The molecule has 0 atom stereocenters. The van der Waals surface area contributed by atoms with Gasteiger partial charge in [0, 0.05) is 0 Å². The summed E-state index contributed by atoms with van der Waals surface area (Å²) in [6, 6.07) is 0. The molecule has 0 aliphatic carbocycles. The number of hydrogen-bond acceptors (Lipinski definition) is 0. The SMILES string of the molecule is CC(C)CCC[CH]=[Cr]. The van der Waals surface area contributed by atoms with Crippen LogP contribution in [0.25, 0.3) is 0 Å². The Labute approximate surface area is 60.3 Å². The molecule has 0 aliphatic rings. The van der Waals surface area contributed by atoms with Crippen LogP contribution in [0, 0.1) is 5.92 Å². The standard InChI is InChI=1S/C7H14.Cr/c1-4-5-6-7(2)3;/h1,7H,4-6H2,2-3H3;. The monoisotopic (exact) mass is 150 g/mol. The molecule has 0 aliphatic heterocycles. The summed E-state index contributed by atoms with van der Waals surface area (Å²) in [4.78, 5) is 2.11. The normalized spacial score (nSPS) is 9.88. The molecule has 0 aromatic heterocycles. The van der Waals surface area contributed by atoms with Gasteiger partial charge in [0.05, 0.1) is 0 Å². The van der Waals surface area contributed by atoms with Crippen molar-refractivity contribution in [3.8, 4) is 0 Å². The van der Waals surface area contributed by atoms with Crippen molar-refractivity contribution in [3.63, 3.8) is 0 Å². The molecule has 0 rings (SSSR count). The fourth-order valence-electron chi connectivity index (χ4n) is 0.609. The van der Waals surface area contributed by atoms with Crippen molar-refractivity contribution in [2.45, 2.75) is 33.1 Å². The molecular formula is C7H14Cr. The molecule has 0 saturated carbocycles. The molecule has 0 radical (unpaired) electrons. The molecule has 8 heavy (non-hydrogen) atoms. The molecule has 0 aromatic rings. The summed E-state index contributed by atoms with van der Waals surface area (Å²) < 4.78 is 0. The molecule has 0 bridgehead atoms. The molecular weight excluding hydrogens is 136 g/mol. The molecule has 0 heterocycles. The van der Waals surface area contributed by atoms with Gasteiger partial charge >= 0.3 is 59.8 Å². The van der Waals surface area contributed by atoms with E-state index in [1.165, 1.54) is 19.3 Å². The molecule has 0 spiro atoms. The molecule has 0 N–H and O–H groups in total. The Balaban J connectivity index is 2.81. The predicted octanol–water partition coefficient (Wildman–Crippen LogP) is 2.16. The summed E-state index contributed by atoms with van der Waals surface area (Å²) in [7, 11) is 0. The van der Waals surface area contributed by atoms with Crippen LogP contribution in [0.1, 0.15) is 33.1 Å². The van der Waals surface area contributed by atoms with E-state index in [9.17, 15) is 0 Å². The molecule has 0 fully saturated rings. The van der Waals surface area contributed by atoms with Gasteiger partial charge in [-0.2, -0.15) is 0 Å². The molecule has 0 saturated heterocycles. The third-order valence-corrected chi connectivity index (χ3v) is 1.47. The Morgan fingerprint density at radius 3 is 2.50 bits per heavy atom. The van der Waals surface area contributed by atoms with Crippen LogP contribution in [-0.2, 0) is 15.9 Å². The first-order valence-corrected chi connectivity index (χ1v) is 3.94. The van der Waals surface area contributed by atoms with E-state index < -0.39 is 0 Å². The van der Waals surface area contributed by atoms with E-state index in [2.05, 4.69) is 34.6 Å². The summed E-state index contributed by atoms with van der Waals surface area (Å²) in [5.74, 6) is 0.870. The Kier molecular flexibility index (Phi) is 5.82. The summed E-state index contributed by atoms with van der Waals surface area (Å²) in [6.45, 7) is 4.53.